The second kappa shape index (κ2) is 27.3. The number of fused-ring (bicyclic) bond motifs is 8. The Morgan fingerprint density at radius 3 is 1.51 bits per heavy atom. The van der Waals surface area contributed by atoms with E-state index in [9.17, 15) is 19.2 Å². The third kappa shape index (κ3) is 12.1. The minimum atomic E-state index is -1.07. The SMILES string of the molecule is CC(C)CC12CC[C@H]3[C@H](C)CCC4CC(=O)OC(O1)C43OO2.CCCC[C@H]1C(=O)OC2OC3(C)CC[C@H]4[C@H](C)CCC1C24OO3.CCCC[C@H]1C(=O)OC2OC3(CCC(=O)OCC)CC[C@H]4[C@H](C)CCC1C24OO3.CO[C@H]1O[C@@H]2O[C@@]3(C)CC[C@H]4[C@H](C)CC[C@@H]([C@H]1C)[C@@]24OO3. The number of unbranched alkanes of at least 4 members (excludes halogenated alkanes) is 2. The van der Waals surface area contributed by atoms with Gasteiger partial charge in [0.15, 0.2) is 35.0 Å². The van der Waals surface area contributed by atoms with Crippen molar-refractivity contribution >= 4 is 23.9 Å². The molecule has 20 fully saturated rings. The molecule has 16 heterocycles. The zero-order valence-electron chi connectivity index (χ0n) is 59.2. The van der Waals surface area contributed by atoms with Crippen LogP contribution in [0.4, 0.5) is 0 Å². The van der Waals surface area contributed by atoms with Crippen LogP contribution in [0.25, 0.3) is 0 Å². The molecule has 12 unspecified atom stereocenters. The maximum absolute atomic E-state index is 12.9. The van der Waals surface area contributed by atoms with Gasteiger partial charge in [0.1, 0.15) is 0 Å². The van der Waals surface area contributed by atoms with E-state index < -0.39 is 70.7 Å². The molecule has 16 saturated heterocycles. The second-order valence-corrected chi connectivity index (χ2v) is 32.9. The first-order valence-corrected chi connectivity index (χ1v) is 37.5. The molecule has 538 valence electrons. The predicted molar refractivity (Wildman–Crippen MR) is 335 cm³/mol. The van der Waals surface area contributed by atoms with Gasteiger partial charge in [-0.15, -0.1) is 0 Å². The molecule has 8 bridgehead atoms. The average Bonchev–Trinajstić information content (AvgIpc) is 1.71. The Hall–Kier alpha value is -2.68. The summed E-state index contributed by atoms with van der Waals surface area (Å²) in [4.78, 5) is 97.1. The van der Waals surface area contributed by atoms with Crippen molar-refractivity contribution in [3.8, 4) is 0 Å². The highest BCUT2D eigenvalue weighted by Gasteiger charge is 2.75. The van der Waals surface area contributed by atoms with E-state index in [0.29, 0.717) is 79.1 Å². The number of methoxy groups -OCH3 is 1. The summed E-state index contributed by atoms with van der Waals surface area (Å²) in [5.74, 6) is 0.464. The summed E-state index contributed by atoms with van der Waals surface area (Å²) < 4.78 is 59.0. The molecule has 4 saturated carbocycles. The van der Waals surface area contributed by atoms with Crippen LogP contribution >= 0.6 is 0 Å². The summed E-state index contributed by atoms with van der Waals surface area (Å²) in [6.45, 7) is 25.8. The lowest BCUT2D eigenvalue weighted by Crippen LogP contribution is -2.70. The minimum Gasteiger partial charge on any atom is -0.466 e. The lowest BCUT2D eigenvalue weighted by Gasteiger charge is -2.60. The van der Waals surface area contributed by atoms with Crippen LogP contribution in [-0.4, -0.2) is 115 Å². The van der Waals surface area contributed by atoms with Crippen molar-refractivity contribution in [1.29, 1.82) is 0 Å². The summed E-state index contributed by atoms with van der Waals surface area (Å²) in [6, 6.07) is 0. The van der Waals surface area contributed by atoms with Gasteiger partial charge in [-0.1, -0.05) is 88.0 Å². The van der Waals surface area contributed by atoms with Crippen LogP contribution < -0.4 is 0 Å². The van der Waals surface area contributed by atoms with E-state index in [2.05, 4.69) is 62.3 Å². The van der Waals surface area contributed by atoms with Crippen LogP contribution in [0, 0.1) is 94.7 Å². The van der Waals surface area contributed by atoms with Crippen LogP contribution in [0.2, 0.25) is 0 Å². The minimum absolute atomic E-state index is 0.0441. The molecule has 4 spiro atoms. The molecule has 22 nitrogen and oxygen atoms in total. The lowest BCUT2D eigenvalue weighted by molar-refractivity contribution is -0.577. The van der Waals surface area contributed by atoms with E-state index in [1.165, 1.54) is 6.42 Å². The van der Waals surface area contributed by atoms with E-state index >= 15 is 0 Å². The Kier molecular flexibility index (Phi) is 20.3. The number of ether oxygens (including phenoxy) is 10. The van der Waals surface area contributed by atoms with Gasteiger partial charge in [0.2, 0.25) is 42.0 Å². The van der Waals surface area contributed by atoms with E-state index in [1.54, 1.807) is 14.0 Å². The van der Waals surface area contributed by atoms with Gasteiger partial charge in [0, 0.05) is 93.0 Å². The molecule has 4 aliphatic carbocycles. The first-order valence-electron chi connectivity index (χ1n) is 37.5. The number of hydrogen-bond donors (Lipinski definition) is 0. The topological polar surface area (TPSA) is 234 Å². The number of carbonyl (C=O) groups is 4. The monoisotopic (exact) mass is 1340 g/mol. The molecule has 20 rings (SSSR count). The van der Waals surface area contributed by atoms with Crippen molar-refractivity contribution in [2.75, 3.05) is 13.7 Å². The number of hydrogen-bond acceptors (Lipinski definition) is 22. The fourth-order valence-electron chi connectivity index (χ4n) is 21.7. The fraction of sp³-hybridized carbons (Fsp3) is 0.945. The largest absolute Gasteiger partial charge is 0.466 e. The normalized spacial score (nSPS) is 50.6. The molecule has 0 amide bonds. The average molecular weight is 1340 g/mol. The molecule has 20 aliphatic rings. The molecular formula is C73H114O22. The van der Waals surface area contributed by atoms with Crippen molar-refractivity contribution in [3.05, 3.63) is 0 Å². The maximum Gasteiger partial charge on any atom is 0.311 e. The van der Waals surface area contributed by atoms with Crippen LogP contribution in [0.1, 0.15) is 250 Å². The first-order chi connectivity index (χ1) is 45.4. The highest BCUT2D eigenvalue weighted by molar-refractivity contribution is 5.75. The Morgan fingerprint density at radius 1 is 0.505 bits per heavy atom. The third-order valence-corrected chi connectivity index (χ3v) is 26.6. The van der Waals surface area contributed by atoms with Crippen molar-refractivity contribution in [3.63, 3.8) is 0 Å². The van der Waals surface area contributed by atoms with Crippen LogP contribution in [0.15, 0.2) is 0 Å². The highest BCUT2D eigenvalue weighted by atomic mass is 17.3. The van der Waals surface area contributed by atoms with Gasteiger partial charge < -0.3 is 47.4 Å². The molecule has 0 radical (unpaired) electrons. The van der Waals surface area contributed by atoms with Crippen molar-refractivity contribution < 1.29 is 106 Å². The number of carbonyl (C=O) groups excluding carboxylic acids is 4. The smallest absolute Gasteiger partial charge is 0.311 e. The van der Waals surface area contributed by atoms with Gasteiger partial charge in [-0.05, 0) is 146 Å². The molecule has 28 atom stereocenters. The summed E-state index contributed by atoms with van der Waals surface area (Å²) in [6.07, 6.45) is 20.5. The van der Waals surface area contributed by atoms with Gasteiger partial charge in [-0.2, -0.15) is 0 Å². The van der Waals surface area contributed by atoms with Gasteiger partial charge in [0.25, 0.3) is 0 Å². The molecule has 22 heteroatoms. The Labute approximate surface area is 562 Å². The highest BCUT2D eigenvalue weighted by Crippen LogP contribution is 2.65. The molecule has 0 N–H and O–H groups in total. The first kappa shape index (κ1) is 70.7. The van der Waals surface area contributed by atoms with Gasteiger partial charge in [0.05, 0.1) is 31.3 Å². The van der Waals surface area contributed by atoms with Crippen LogP contribution in [0.5, 0.6) is 0 Å². The predicted octanol–water partition coefficient (Wildman–Crippen LogP) is 13.5. The van der Waals surface area contributed by atoms with Crippen molar-refractivity contribution in [1.82, 2.24) is 0 Å². The second-order valence-electron chi connectivity index (χ2n) is 32.9. The molecule has 16 aliphatic heterocycles. The zero-order chi connectivity index (χ0) is 67.3. The van der Waals surface area contributed by atoms with Gasteiger partial charge in [-0.3, -0.25) is 19.2 Å². The Balaban J connectivity index is 0.000000116. The third-order valence-electron chi connectivity index (χ3n) is 26.6. The lowest BCUT2D eigenvalue weighted by atomic mass is 9.57. The summed E-state index contributed by atoms with van der Waals surface area (Å²) in [5, 5.41) is 0. The Bertz CT molecular complexity index is 2750. The summed E-state index contributed by atoms with van der Waals surface area (Å²) in [7, 11) is 1.70. The quantitative estimate of drug-likeness (QED) is 0.0947. The fourth-order valence-corrected chi connectivity index (χ4v) is 21.7. The van der Waals surface area contributed by atoms with E-state index in [4.69, 9.17) is 86.5 Å². The molecule has 0 aromatic rings. The molecule has 95 heavy (non-hydrogen) atoms. The van der Waals surface area contributed by atoms with Gasteiger partial charge in [-0.25, -0.2) is 39.1 Å². The van der Waals surface area contributed by atoms with Gasteiger partial charge >= 0.3 is 23.9 Å². The molecular weight excluding hydrogens is 1230 g/mol. The summed E-state index contributed by atoms with van der Waals surface area (Å²) in [5.41, 5.74) is -2.42. The standard InChI is InChI=1S/C22H34O7.C18H28O5.C17H26O5.C16H26O5/c1-4-6-7-15-17-9-8-14(3)16-10-12-21(13-11-18(23)25-5-2)27-20(26-19(15)24)22(16,17)29-28-21;1-4-5-6-12-14-8-7-11(2)13-9-10-17(3)21-16(20-15(12)19)18(13,14)23-22-17;1-10(2)9-16-7-6-13-11(3)4-5-12-8-14(18)19-15(20-16)17(12,13)22-21-16;1-9-5-6-12-10(2)13(17-4)18-14-16(12)11(9)7-8-15(3,19-14)20-21-16/h14-17,20H,4-13H2,1-3H3;11-14,16H,4-10H2,1-3H3;10-13,15H,4-9H2,1-3H3;9-14H,5-8H2,1-4H3/t14-,15-,16+,17?,20?,21?,22?;11-,12-,13+,14?,16?,17?,18?;11-,12?,13+,15?,16?,17?;9-,10-,11+,12+,13+,14-,15-,16-/m1111/s1. The number of esters is 4. The van der Waals surface area contributed by atoms with Crippen molar-refractivity contribution in [2.45, 2.75) is 327 Å². The van der Waals surface area contributed by atoms with E-state index in [-0.39, 0.29) is 78.0 Å². The number of rotatable bonds is 13. The zero-order valence-corrected chi connectivity index (χ0v) is 59.2. The van der Waals surface area contributed by atoms with Crippen molar-refractivity contribution in [2.24, 2.45) is 94.7 Å². The van der Waals surface area contributed by atoms with E-state index in [0.717, 1.165) is 135 Å². The summed E-state index contributed by atoms with van der Waals surface area (Å²) >= 11 is 0. The molecule has 0 aromatic carbocycles. The Morgan fingerprint density at radius 2 is 0.958 bits per heavy atom. The maximum atomic E-state index is 12.9. The molecule has 0 aromatic heterocycles. The van der Waals surface area contributed by atoms with Crippen LogP contribution in [0.3, 0.4) is 0 Å². The van der Waals surface area contributed by atoms with E-state index in [1.807, 2.05) is 13.8 Å². The van der Waals surface area contributed by atoms with Crippen LogP contribution in [-0.2, 0) is 106 Å².